The number of likely N-dealkylation sites (tertiary alicyclic amines) is 1. The summed E-state index contributed by atoms with van der Waals surface area (Å²) < 4.78 is 5.85. The second-order valence-electron chi connectivity index (χ2n) is 10.0. The van der Waals surface area contributed by atoms with Gasteiger partial charge in [0.25, 0.3) is 0 Å². The molecule has 2 heterocycles. The van der Waals surface area contributed by atoms with E-state index in [0.29, 0.717) is 5.92 Å². The van der Waals surface area contributed by atoms with Crippen molar-refractivity contribution in [2.75, 3.05) is 13.1 Å². The average molecular weight is 449 g/mol. The fourth-order valence-electron chi connectivity index (χ4n) is 5.40. The maximum Gasteiger partial charge on any atom is 0.171 e. The quantitative estimate of drug-likeness (QED) is 0.304. The average Bonchev–Trinajstić information content (AvgIpc) is 3.69. The number of nitrogens with zero attached hydrogens (tertiary/aromatic N) is 2. The molecule has 1 aliphatic carbocycles. The molecular weight excluding hydrogens is 416 g/mol. The van der Waals surface area contributed by atoms with Crippen molar-refractivity contribution in [1.29, 1.82) is 0 Å². The molecule has 2 fully saturated rings. The molecule has 34 heavy (non-hydrogen) atoms. The van der Waals surface area contributed by atoms with Gasteiger partial charge >= 0.3 is 0 Å². The van der Waals surface area contributed by atoms with Gasteiger partial charge in [0, 0.05) is 24.2 Å². The molecule has 0 spiro atoms. The highest BCUT2D eigenvalue weighted by Crippen LogP contribution is 2.40. The molecule has 1 unspecified atom stereocenters. The second-order valence-corrected chi connectivity index (χ2v) is 10.0. The highest BCUT2D eigenvalue weighted by Gasteiger charge is 2.25. The van der Waals surface area contributed by atoms with Gasteiger partial charge in [-0.2, -0.15) is 0 Å². The molecule has 0 amide bonds. The third-order valence-corrected chi connectivity index (χ3v) is 7.58. The lowest BCUT2D eigenvalue weighted by molar-refractivity contribution is 0.200. The van der Waals surface area contributed by atoms with Crippen molar-refractivity contribution in [1.82, 2.24) is 10.1 Å². The zero-order chi connectivity index (χ0) is 22.9. The van der Waals surface area contributed by atoms with E-state index in [4.69, 9.17) is 4.52 Å². The van der Waals surface area contributed by atoms with E-state index < -0.39 is 0 Å². The topological polar surface area (TPSA) is 29.3 Å². The number of hydrogen-bond acceptors (Lipinski definition) is 3. The van der Waals surface area contributed by atoms with Crippen LogP contribution in [0.4, 0.5) is 0 Å². The van der Waals surface area contributed by atoms with Crippen molar-refractivity contribution >= 4 is 0 Å². The summed E-state index contributed by atoms with van der Waals surface area (Å²) in [5.74, 6) is 2.31. The minimum atomic E-state index is 0.601. The largest absolute Gasteiger partial charge is 0.356 e. The molecule has 3 heteroatoms. The van der Waals surface area contributed by atoms with Gasteiger partial charge in [0.05, 0.1) is 5.69 Å². The standard InChI is InChI=1S/C31H32N2O/c1-22-30(21-33-19-5-8-29(20-33)23-6-3-2-4-7-23)31(34-32-22)28-17-15-27(16-18-28)26-13-11-25(12-14-26)24-9-10-24/h2-4,6-7,11-18,24,29H,5,8-10,19-21H2,1H3. The normalized spacial score (nSPS) is 18.8. The van der Waals surface area contributed by atoms with Crippen LogP contribution in [0.5, 0.6) is 0 Å². The summed E-state index contributed by atoms with van der Waals surface area (Å²) in [5.41, 5.74) is 8.76. The van der Waals surface area contributed by atoms with Crippen LogP contribution in [-0.4, -0.2) is 23.1 Å². The summed E-state index contributed by atoms with van der Waals surface area (Å²) in [4.78, 5) is 2.57. The zero-order valence-corrected chi connectivity index (χ0v) is 19.9. The molecule has 1 saturated carbocycles. The highest BCUT2D eigenvalue weighted by atomic mass is 16.5. The van der Waals surface area contributed by atoms with Crippen LogP contribution in [0.2, 0.25) is 0 Å². The van der Waals surface area contributed by atoms with Crippen molar-refractivity contribution < 1.29 is 4.52 Å². The lowest BCUT2D eigenvalue weighted by atomic mass is 9.90. The van der Waals surface area contributed by atoms with Crippen LogP contribution in [0.15, 0.2) is 83.4 Å². The Kier molecular flexibility index (Phi) is 5.80. The van der Waals surface area contributed by atoms with Crippen molar-refractivity contribution in [3.63, 3.8) is 0 Å². The molecule has 0 N–H and O–H groups in total. The van der Waals surface area contributed by atoms with Crippen LogP contribution in [0.3, 0.4) is 0 Å². The highest BCUT2D eigenvalue weighted by molar-refractivity contribution is 5.70. The smallest absolute Gasteiger partial charge is 0.171 e. The van der Waals surface area contributed by atoms with Crippen LogP contribution in [0, 0.1) is 6.92 Å². The zero-order valence-electron chi connectivity index (χ0n) is 19.9. The van der Waals surface area contributed by atoms with Gasteiger partial charge in [-0.25, -0.2) is 0 Å². The maximum absolute atomic E-state index is 5.85. The lowest BCUT2D eigenvalue weighted by Crippen LogP contribution is -2.34. The molecule has 3 aromatic carbocycles. The van der Waals surface area contributed by atoms with Gasteiger partial charge in [-0.1, -0.05) is 84.0 Å². The van der Waals surface area contributed by atoms with E-state index in [-0.39, 0.29) is 0 Å². The Morgan fingerprint density at radius 1 is 0.765 bits per heavy atom. The Labute approximate surface area is 202 Å². The van der Waals surface area contributed by atoms with Gasteiger partial charge < -0.3 is 4.52 Å². The molecule has 0 radical (unpaired) electrons. The van der Waals surface area contributed by atoms with E-state index in [1.54, 1.807) is 0 Å². The fourth-order valence-corrected chi connectivity index (χ4v) is 5.40. The molecule has 6 rings (SSSR count). The predicted molar refractivity (Wildman–Crippen MR) is 138 cm³/mol. The Hall–Kier alpha value is -3.17. The second kappa shape index (κ2) is 9.23. The monoisotopic (exact) mass is 448 g/mol. The molecule has 172 valence electrons. The van der Waals surface area contributed by atoms with Crippen molar-refractivity contribution in [2.24, 2.45) is 0 Å². The molecule has 4 aromatic rings. The van der Waals surface area contributed by atoms with E-state index in [2.05, 4.69) is 95.8 Å². The molecule has 1 atom stereocenters. The van der Waals surface area contributed by atoms with Gasteiger partial charge in [-0.05, 0) is 73.2 Å². The van der Waals surface area contributed by atoms with Gasteiger partial charge in [0.2, 0.25) is 0 Å². The maximum atomic E-state index is 5.85. The van der Waals surface area contributed by atoms with Crippen LogP contribution < -0.4 is 0 Å². The number of aryl methyl sites for hydroxylation is 1. The Morgan fingerprint density at radius 2 is 1.41 bits per heavy atom. The van der Waals surface area contributed by atoms with Gasteiger partial charge in [-0.3, -0.25) is 4.90 Å². The Balaban J connectivity index is 1.19. The molecule has 0 bridgehead atoms. The first-order chi connectivity index (χ1) is 16.7. The van der Waals surface area contributed by atoms with Gasteiger partial charge in [0.1, 0.15) is 0 Å². The Bertz CT molecular complexity index is 1240. The third-order valence-electron chi connectivity index (χ3n) is 7.58. The van der Waals surface area contributed by atoms with Crippen molar-refractivity contribution in [3.05, 3.63) is 101 Å². The number of aromatic nitrogens is 1. The van der Waals surface area contributed by atoms with Crippen LogP contribution >= 0.6 is 0 Å². The van der Waals surface area contributed by atoms with E-state index >= 15 is 0 Å². The molecule has 2 aliphatic rings. The molecule has 1 aromatic heterocycles. The molecule has 1 saturated heterocycles. The summed E-state index contributed by atoms with van der Waals surface area (Å²) in [6.07, 6.45) is 5.18. The van der Waals surface area contributed by atoms with Gasteiger partial charge in [-0.15, -0.1) is 0 Å². The SMILES string of the molecule is Cc1noc(-c2ccc(-c3ccc(C4CC4)cc3)cc2)c1CN1CCCC(c2ccccc2)C1. The first-order valence-corrected chi connectivity index (χ1v) is 12.7. The van der Waals surface area contributed by atoms with Crippen molar-refractivity contribution in [2.45, 2.75) is 51.0 Å². The Morgan fingerprint density at radius 3 is 2.12 bits per heavy atom. The molecule has 3 nitrogen and oxygen atoms in total. The fraction of sp³-hybridized carbons (Fsp3) is 0.323. The summed E-state index contributed by atoms with van der Waals surface area (Å²) >= 11 is 0. The van der Waals surface area contributed by atoms with Crippen LogP contribution in [0.1, 0.15) is 59.9 Å². The minimum Gasteiger partial charge on any atom is -0.356 e. The van der Waals surface area contributed by atoms with E-state index in [1.807, 2.05) is 0 Å². The summed E-state index contributed by atoms with van der Waals surface area (Å²) in [6.45, 7) is 5.17. The third kappa shape index (κ3) is 4.45. The van der Waals surface area contributed by atoms with E-state index in [1.165, 1.54) is 53.5 Å². The summed E-state index contributed by atoms with van der Waals surface area (Å²) in [5, 5.41) is 4.35. The summed E-state index contributed by atoms with van der Waals surface area (Å²) in [6, 6.07) is 28.8. The lowest BCUT2D eigenvalue weighted by Gasteiger charge is -2.33. The number of rotatable bonds is 6. The molecular formula is C31H32N2O. The van der Waals surface area contributed by atoms with Crippen LogP contribution in [-0.2, 0) is 6.54 Å². The number of piperidine rings is 1. The number of benzene rings is 3. The minimum absolute atomic E-state index is 0.601. The van der Waals surface area contributed by atoms with E-state index in [9.17, 15) is 0 Å². The first kappa shape index (κ1) is 21.4. The van der Waals surface area contributed by atoms with E-state index in [0.717, 1.165) is 42.6 Å². The first-order valence-electron chi connectivity index (χ1n) is 12.7. The molecule has 1 aliphatic heterocycles. The summed E-state index contributed by atoms with van der Waals surface area (Å²) in [7, 11) is 0. The van der Waals surface area contributed by atoms with Gasteiger partial charge in [0.15, 0.2) is 5.76 Å². The number of hydrogen-bond donors (Lipinski definition) is 0. The van der Waals surface area contributed by atoms with Crippen LogP contribution in [0.25, 0.3) is 22.5 Å². The van der Waals surface area contributed by atoms with Crippen molar-refractivity contribution in [3.8, 4) is 22.5 Å². The predicted octanol–water partition coefficient (Wildman–Crippen LogP) is 7.57.